The molecule has 11 heavy (non-hydrogen) atoms. The fourth-order valence-corrected chi connectivity index (χ4v) is 2.76. The Morgan fingerprint density at radius 3 is 2.55 bits per heavy atom. The zero-order chi connectivity index (χ0) is 7.53. The summed E-state index contributed by atoms with van der Waals surface area (Å²) in [6.45, 7) is 3.38. The fraction of sp³-hybridized carbons (Fsp3) is 1.00. The molecule has 0 aromatic heterocycles. The van der Waals surface area contributed by atoms with Gasteiger partial charge in [-0.1, -0.05) is 6.92 Å². The van der Waals surface area contributed by atoms with E-state index in [1.54, 1.807) is 0 Å². The van der Waals surface area contributed by atoms with Crippen molar-refractivity contribution in [1.82, 2.24) is 0 Å². The van der Waals surface area contributed by atoms with Crippen molar-refractivity contribution in [2.24, 2.45) is 11.3 Å². The van der Waals surface area contributed by atoms with Crippen LogP contribution in [0.3, 0.4) is 0 Å². The smallest absolute Gasteiger partial charge is 0.0717 e. The van der Waals surface area contributed by atoms with E-state index in [9.17, 15) is 0 Å². The van der Waals surface area contributed by atoms with Crippen LogP contribution in [0, 0.1) is 11.3 Å². The van der Waals surface area contributed by atoms with E-state index in [0.29, 0.717) is 5.60 Å². The van der Waals surface area contributed by atoms with Crippen LogP contribution in [0.1, 0.15) is 39.0 Å². The normalized spacial score (nSPS) is 51.5. The van der Waals surface area contributed by atoms with Crippen molar-refractivity contribution in [1.29, 1.82) is 0 Å². The molecule has 1 heteroatoms. The average molecular weight is 152 g/mol. The Balaban J connectivity index is 1.79. The maximum absolute atomic E-state index is 5.86. The monoisotopic (exact) mass is 152 g/mol. The first-order chi connectivity index (χ1) is 5.25. The second-order valence-electron chi connectivity index (χ2n) is 4.95. The van der Waals surface area contributed by atoms with E-state index in [1.807, 2.05) is 0 Å². The molecule has 0 aromatic carbocycles. The van der Waals surface area contributed by atoms with Gasteiger partial charge in [0.25, 0.3) is 0 Å². The van der Waals surface area contributed by atoms with Crippen molar-refractivity contribution in [3.8, 4) is 0 Å². The maximum atomic E-state index is 5.86. The fourth-order valence-electron chi connectivity index (χ4n) is 2.76. The summed E-state index contributed by atoms with van der Waals surface area (Å²) in [5.74, 6) is 0.861. The molecule has 2 aliphatic carbocycles. The second kappa shape index (κ2) is 1.66. The molecule has 1 nitrogen and oxygen atoms in total. The maximum Gasteiger partial charge on any atom is 0.0717 e. The lowest BCUT2D eigenvalue weighted by molar-refractivity contribution is -0.0441. The molecular formula is C10H16O. The number of hydrogen-bond donors (Lipinski definition) is 0. The first kappa shape index (κ1) is 6.47. The minimum atomic E-state index is 0.384. The van der Waals surface area contributed by atoms with Crippen molar-refractivity contribution in [3.05, 3.63) is 0 Å². The quantitative estimate of drug-likeness (QED) is 0.517. The molecule has 3 fully saturated rings. The highest BCUT2D eigenvalue weighted by atomic mass is 16.5. The standard InChI is InChI=1S/C10H16O/c1-8-6-10(8)7-9(2-3-9)4-5-11-10/h8H,2-7H2,1H3/t8-,10-/m0/s1. The molecule has 2 spiro atoms. The van der Waals surface area contributed by atoms with Crippen LogP contribution in [0.4, 0.5) is 0 Å². The Morgan fingerprint density at radius 2 is 2.00 bits per heavy atom. The van der Waals surface area contributed by atoms with Gasteiger partial charge in [0.05, 0.1) is 5.60 Å². The van der Waals surface area contributed by atoms with Crippen molar-refractivity contribution in [2.75, 3.05) is 6.61 Å². The molecule has 0 bridgehead atoms. The third-order valence-corrected chi connectivity index (χ3v) is 4.04. The van der Waals surface area contributed by atoms with Crippen LogP contribution in [0.5, 0.6) is 0 Å². The highest BCUT2D eigenvalue weighted by Crippen LogP contribution is 2.64. The molecule has 1 saturated heterocycles. The Hall–Kier alpha value is -0.0400. The Kier molecular flexibility index (Phi) is 0.976. The Morgan fingerprint density at radius 1 is 1.27 bits per heavy atom. The lowest BCUT2D eigenvalue weighted by Crippen LogP contribution is -2.29. The molecule has 3 rings (SSSR count). The third-order valence-electron chi connectivity index (χ3n) is 4.04. The zero-order valence-electron chi connectivity index (χ0n) is 7.23. The van der Waals surface area contributed by atoms with E-state index in [1.165, 1.54) is 32.1 Å². The summed E-state index contributed by atoms with van der Waals surface area (Å²) in [5.41, 5.74) is 1.16. The molecule has 1 aliphatic heterocycles. The van der Waals surface area contributed by atoms with E-state index >= 15 is 0 Å². The highest BCUT2D eigenvalue weighted by Gasteiger charge is 2.61. The van der Waals surface area contributed by atoms with Crippen LogP contribution in [0.15, 0.2) is 0 Å². The van der Waals surface area contributed by atoms with Crippen molar-refractivity contribution in [3.63, 3.8) is 0 Å². The highest BCUT2D eigenvalue weighted by molar-refractivity contribution is 5.12. The van der Waals surface area contributed by atoms with Gasteiger partial charge in [0.2, 0.25) is 0 Å². The van der Waals surface area contributed by atoms with Gasteiger partial charge in [-0.2, -0.15) is 0 Å². The van der Waals surface area contributed by atoms with Crippen LogP contribution < -0.4 is 0 Å². The number of hydrogen-bond acceptors (Lipinski definition) is 1. The molecule has 0 aromatic rings. The number of rotatable bonds is 0. The van der Waals surface area contributed by atoms with Crippen LogP contribution >= 0.6 is 0 Å². The summed E-state index contributed by atoms with van der Waals surface area (Å²) in [5, 5.41) is 0. The van der Waals surface area contributed by atoms with Gasteiger partial charge >= 0.3 is 0 Å². The summed E-state index contributed by atoms with van der Waals surface area (Å²) >= 11 is 0. The summed E-state index contributed by atoms with van der Waals surface area (Å²) in [4.78, 5) is 0. The predicted octanol–water partition coefficient (Wildman–Crippen LogP) is 2.36. The zero-order valence-corrected chi connectivity index (χ0v) is 7.23. The molecule has 0 unspecified atom stereocenters. The summed E-state index contributed by atoms with van der Waals surface area (Å²) in [6.07, 6.45) is 7.06. The van der Waals surface area contributed by atoms with Gasteiger partial charge in [-0.3, -0.25) is 0 Å². The lowest BCUT2D eigenvalue weighted by Gasteiger charge is -2.30. The van der Waals surface area contributed by atoms with Crippen LogP contribution in [0.2, 0.25) is 0 Å². The van der Waals surface area contributed by atoms with E-state index < -0.39 is 0 Å². The summed E-state index contributed by atoms with van der Waals surface area (Å²) < 4.78 is 5.86. The average Bonchev–Trinajstić information content (AvgIpc) is 2.81. The minimum absolute atomic E-state index is 0.384. The molecule has 0 N–H and O–H groups in total. The minimum Gasteiger partial charge on any atom is -0.375 e. The van der Waals surface area contributed by atoms with Crippen molar-refractivity contribution in [2.45, 2.75) is 44.6 Å². The summed E-state index contributed by atoms with van der Waals surface area (Å²) in [6, 6.07) is 0. The van der Waals surface area contributed by atoms with Gasteiger partial charge in [-0.05, 0) is 43.4 Å². The Labute approximate surface area is 68.1 Å². The first-order valence-electron chi connectivity index (χ1n) is 4.89. The third kappa shape index (κ3) is 0.807. The van der Waals surface area contributed by atoms with Gasteiger partial charge in [0, 0.05) is 6.61 Å². The number of ether oxygens (including phenoxy) is 1. The van der Waals surface area contributed by atoms with Gasteiger partial charge in [-0.25, -0.2) is 0 Å². The van der Waals surface area contributed by atoms with Gasteiger partial charge in [0.1, 0.15) is 0 Å². The van der Waals surface area contributed by atoms with Crippen LogP contribution in [-0.4, -0.2) is 12.2 Å². The van der Waals surface area contributed by atoms with E-state index in [2.05, 4.69) is 6.92 Å². The van der Waals surface area contributed by atoms with Gasteiger partial charge < -0.3 is 4.74 Å². The van der Waals surface area contributed by atoms with Crippen molar-refractivity contribution >= 4 is 0 Å². The van der Waals surface area contributed by atoms with Gasteiger partial charge in [0.15, 0.2) is 0 Å². The molecule has 1 heterocycles. The molecular weight excluding hydrogens is 136 g/mol. The predicted molar refractivity (Wildman–Crippen MR) is 43.4 cm³/mol. The first-order valence-corrected chi connectivity index (χ1v) is 4.89. The van der Waals surface area contributed by atoms with Crippen molar-refractivity contribution < 1.29 is 4.74 Å². The SMILES string of the molecule is C[C@H]1C[C@]12CC1(CCO2)CC1. The van der Waals surface area contributed by atoms with E-state index in [4.69, 9.17) is 4.74 Å². The van der Waals surface area contributed by atoms with E-state index in [0.717, 1.165) is 17.9 Å². The van der Waals surface area contributed by atoms with Crippen LogP contribution in [-0.2, 0) is 4.74 Å². The molecule has 62 valence electrons. The van der Waals surface area contributed by atoms with Gasteiger partial charge in [-0.15, -0.1) is 0 Å². The second-order valence-corrected chi connectivity index (χ2v) is 4.95. The molecule has 0 amide bonds. The molecule has 2 atom stereocenters. The largest absolute Gasteiger partial charge is 0.375 e. The molecule has 3 aliphatic rings. The van der Waals surface area contributed by atoms with Crippen LogP contribution in [0.25, 0.3) is 0 Å². The molecule has 0 radical (unpaired) electrons. The summed E-state index contributed by atoms with van der Waals surface area (Å²) in [7, 11) is 0. The molecule has 2 saturated carbocycles. The topological polar surface area (TPSA) is 9.23 Å². The van der Waals surface area contributed by atoms with E-state index in [-0.39, 0.29) is 0 Å². The lowest BCUT2D eigenvalue weighted by atomic mass is 9.90. The Bertz CT molecular complexity index is 195.